The van der Waals surface area contributed by atoms with Crippen LogP contribution in [0, 0.1) is 69.4 Å². The minimum Gasteiger partial charge on any atom is -0.508 e. The number of amidine groups is 5. The standard InChI is InChI=1S/C10H10N2O.C9H12N2O.2C8H9FN2.C8H11N3.C8H10N2O/c1-6-4-8-7(5-9(6)13)2-3-12-10(8)11;1-7-4-3-5-8(6-7)9(10)11-12-2;1-5-4-6(8(10)11)2-3-7(5)9;1-5-2-3-7(9)6(4-5)8(10)11;1-6-3-2-4-7(5-6)8(9)11-10;1-5-4-6(8(9)10)2-3-7(5)11/h2-5,13H,1H3,(H2,11,12);3-6H,1-2H3,(H2,10,11);2*2-4H,1H3,(H3,10,11);2-5H,10H2,1H3,(H2,9,11);2-4,11H,1H3,(H3,9,10). The highest BCUT2D eigenvalue weighted by Gasteiger charge is 2.05. The van der Waals surface area contributed by atoms with Gasteiger partial charge in [-0.15, -0.1) is 0 Å². The summed E-state index contributed by atoms with van der Waals surface area (Å²) in [6.45, 7) is 11.1. The zero-order valence-electron chi connectivity index (χ0n) is 39.6. The number of aromatic hydroxyl groups is 2. The molecule has 16 nitrogen and oxygen atoms in total. The van der Waals surface area contributed by atoms with Crippen molar-refractivity contribution in [3.63, 3.8) is 0 Å². The molecule has 0 spiro atoms. The highest BCUT2D eigenvalue weighted by atomic mass is 19.1. The Balaban J connectivity index is 0.000000284. The van der Waals surface area contributed by atoms with Crippen molar-refractivity contribution in [2.75, 3.05) is 12.8 Å². The SMILES string of the molecule is CON=C(N)c1cccc(C)c1.Cc1cc(C(=N)N)ccc1F.Cc1cc(C(=N)N)ccc1O.Cc1cc2c(N)nccc2cc1O.Cc1ccc(F)c(C(=N)N)c1.Cc1cccc(C(N)=NN)c1. The Hall–Kier alpha value is -9.06. The molecule has 0 unspecified atom stereocenters. The number of phenols is 2. The van der Waals surface area contributed by atoms with Gasteiger partial charge in [0.2, 0.25) is 0 Å². The maximum absolute atomic E-state index is 12.8. The van der Waals surface area contributed by atoms with E-state index in [0.717, 1.165) is 49.7 Å². The van der Waals surface area contributed by atoms with E-state index < -0.39 is 5.82 Å². The van der Waals surface area contributed by atoms with Crippen LogP contribution in [0.3, 0.4) is 0 Å². The summed E-state index contributed by atoms with van der Waals surface area (Å²) in [6.07, 6.45) is 1.63. The average molecular weight is 942 g/mol. The second kappa shape index (κ2) is 27.4. The van der Waals surface area contributed by atoms with Crippen LogP contribution in [-0.4, -0.2) is 51.5 Å². The highest BCUT2D eigenvalue weighted by molar-refractivity contribution is 5.98. The van der Waals surface area contributed by atoms with E-state index in [2.05, 4.69) is 20.1 Å². The lowest BCUT2D eigenvalue weighted by Gasteiger charge is -2.03. The molecule has 0 aliphatic rings. The van der Waals surface area contributed by atoms with Gasteiger partial charge in [0.05, 0.1) is 5.56 Å². The number of fused-ring (bicyclic) bond motifs is 1. The lowest BCUT2D eigenvalue weighted by molar-refractivity contribution is 0.213. The number of halogens is 2. The number of aryl methyl sites for hydroxylation is 6. The lowest BCUT2D eigenvalue weighted by Crippen LogP contribution is -2.15. The average Bonchev–Trinajstić information content (AvgIpc) is 3.30. The number of anilines is 1. The molecule has 7 aromatic rings. The number of pyridine rings is 1. The van der Waals surface area contributed by atoms with Gasteiger partial charge in [0.25, 0.3) is 0 Å². The molecule has 6 aromatic carbocycles. The summed E-state index contributed by atoms with van der Waals surface area (Å²) < 4.78 is 25.5. The predicted octanol–water partition coefficient (Wildman–Crippen LogP) is 7.49. The predicted molar refractivity (Wildman–Crippen MR) is 276 cm³/mol. The first-order valence-corrected chi connectivity index (χ1v) is 20.7. The molecule has 362 valence electrons. The molecule has 69 heavy (non-hydrogen) atoms. The summed E-state index contributed by atoms with van der Waals surface area (Å²) in [5, 5.41) is 48.6. The van der Waals surface area contributed by atoms with Gasteiger partial charge < -0.3 is 55.3 Å². The summed E-state index contributed by atoms with van der Waals surface area (Å²) in [6, 6.07) is 34.6. The first-order valence-electron chi connectivity index (χ1n) is 20.7. The summed E-state index contributed by atoms with van der Waals surface area (Å²) in [4.78, 5) is 8.54. The third-order valence-electron chi connectivity index (χ3n) is 9.46. The minimum atomic E-state index is -0.442. The summed E-state index contributed by atoms with van der Waals surface area (Å²) >= 11 is 0. The van der Waals surface area contributed by atoms with Crippen LogP contribution in [0.1, 0.15) is 61.2 Å². The van der Waals surface area contributed by atoms with Crippen LogP contribution in [0.25, 0.3) is 10.8 Å². The Kier molecular flexibility index (Phi) is 22.3. The number of nitrogens with one attached hydrogen (secondary N) is 3. The van der Waals surface area contributed by atoms with Crippen molar-refractivity contribution in [1.29, 1.82) is 16.2 Å². The Bertz CT molecular complexity index is 2880. The van der Waals surface area contributed by atoms with Crippen LogP contribution in [0.5, 0.6) is 11.5 Å². The van der Waals surface area contributed by atoms with Crippen LogP contribution >= 0.6 is 0 Å². The lowest BCUT2D eigenvalue weighted by atomic mass is 10.1. The molecule has 1 aromatic heterocycles. The summed E-state index contributed by atoms with van der Waals surface area (Å²) in [7, 11) is 1.47. The Morgan fingerprint density at radius 3 is 1.54 bits per heavy atom. The van der Waals surface area contributed by atoms with Gasteiger partial charge in [0.1, 0.15) is 59.4 Å². The van der Waals surface area contributed by atoms with Crippen molar-refractivity contribution >= 4 is 45.8 Å². The molecule has 0 amide bonds. The smallest absolute Gasteiger partial charge is 0.170 e. The van der Waals surface area contributed by atoms with Gasteiger partial charge in [-0.05, 0) is 142 Å². The Labute approximate surface area is 400 Å². The molecule has 0 saturated carbocycles. The van der Waals surface area contributed by atoms with E-state index in [1.54, 1.807) is 56.4 Å². The molecular formula is C51H61F2N13O3. The van der Waals surface area contributed by atoms with Crippen molar-refractivity contribution in [2.24, 2.45) is 44.8 Å². The number of nitrogen functional groups attached to an aromatic ring is 4. The van der Waals surface area contributed by atoms with Gasteiger partial charge in [-0.25, -0.2) is 13.8 Å². The van der Waals surface area contributed by atoms with E-state index >= 15 is 0 Å². The van der Waals surface area contributed by atoms with Gasteiger partial charge in [0.15, 0.2) is 5.84 Å². The summed E-state index contributed by atoms with van der Waals surface area (Å²) in [5.41, 5.74) is 40.7. The number of benzene rings is 6. The van der Waals surface area contributed by atoms with Gasteiger partial charge in [-0.1, -0.05) is 64.3 Å². The second-order valence-electron chi connectivity index (χ2n) is 15.2. The van der Waals surface area contributed by atoms with Crippen molar-refractivity contribution in [3.8, 4) is 11.5 Å². The molecule has 0 radical (unpaired) electrons. The number of nitrogens with zero attached hydrogens (tertiary/aromatic N) is 3. The third kappa shape index (κ3) is 18.8. The zero-order chi connectivity index (χ0) is 52.0. The molecule has 0 aliphatic heterocycles. The molecule has 0 fully saturated rings. The molecule has 7 rings (SSSR count). The van der Waals surface area contributed by atoms with Crippen LogP contribution in [0.2, 0.25) is 0 Å². The molecular weight excluding hydrogens is 881 g/mol. The van der Waals surface area contributed by atoms with Gasteiger partial charge in [0, 0.05) is 33.8 Å². The van der Waals surface area contributed by atoms with Crippen molar-refractivity contribution < 1.29 is 23.8 Å². The maximum atomic E-state index is 12.8. The van der Waals surface area contributed by atoms with Crippen LogP contribution in [-0.2, 0) is 4.84 Å². The monoisotopic (exact) mass is 941 g/mol. The fourth-order valence-corrected chi connectivity index (χ4v) is 5.65. The van der Waals surface area contributed by atoms with Crippen LogP contribution < -0.4 is 40.2 Å². The largest absolute Gasteiger partial charge is 0.508 e. The number of phenolic OH excluding ortho intramolecular Hbond substituents is 2. The van der Waals surface area contributed by atoms with E-state index in [4.69, 9.17) is 61.6 Å². The molecule has 19 N–H and O–H groups in total. The van der Waals surface area contributed by atoms with Gasteiger partial charge in [-0.2, -0.15) is 5.10 Å². The fraction of sp³-hybridized carbons (Fsp3) is 0.137. The Morgan fingerprint density at radius 1 is 0.551 bits per heavy atom. The fourth-order valence-electron chi connectivity index (χ4n) is 5.65. The number of hydrogen-bond donors (Lipinski definition) is 12. The normalized spacial score (nSPS) is 10.4. The van der Waals surface area contributed by atoms with E-state index in [1.807, 2.05) is 88.4 Å². The van der Waals surface area contributed by atoms with Crippen LogP contribution in [0.15, 0.2) is 138 Å². The van der Waals surface area contributed by atoms with E-state index in [-0.39, 0.29) is 40.4 Å². The van der Waals surface area contributed by atoms with Crippen LogP contribution in [0.4, 0.5) is 14.6 Å². The molecule has 0 aliphatic carbocycles. The van der Waals surface area contributed by atoms with E-state index in [9.17, 15) is 13.9 Å². The highest BCUT2D eigenvalue weighted by Crippen LogP contribution is 2.26. The molecule has 18 heteroatoms. The van der Waals surface area contributed by atoms with Crippen molar-refractivity contribution in [1.82, 2.24) is 4.98 Å². The third-order valence-corrected chi connectivity index (χ3v) is 9.46. The molecule has 0 bridgehead atoms. The van der Waals surface area contributed by atoms with Crippen molar-refractivity contribution in [2.45, 2.75) is 41.5 Å². The topological polar surface area (TPSA) is 341 Å². The molecule has 0 atom stereocenters. The number of hydrogen-bond acceptors (Lipinski definition) is 11. The minimum absolute atomic E-state index is 0.0214. The second-order valence-corrected chi connectivity index (χ2v) is 15.2. The quantitative estimate of drug-likeness (QED) is 0.0335. The molecule has 0 saturated heterocycles. The number of oxime groups is 1. The van der Waals surface area contributed by atoms with E-state index in [0.29, 0.717) is 34.2 Å². The van der Waals surface area contributed by atoms with E-state index in [1.165, 1.54) is 31.4 Å². The first-order chi connectivity index (χ1) is 32.5. The number of rotatable bonds is 6. The van der Waals surface area contributed by atoms with Gasteiger partial charge >= 0.3 is 0 Å². The number of aromatic nitrogens is 1. The maximum Gasteiger partial charge on any atom is 0.170 e. The zero-order valence-corrected chi connectivity index (χ0v) is 39.6. The first kappa shape index (κ1) is 56.1. The Morgan fingerprint density at radius 2 is 1.06 bits per heavy atom. The molecule has 1 heterocycles. The van der Waals surface area contributed by atoms with Crippen molar-refractivity contribution in [3.05, 3.63) is 200 Å². The summed E-state index contributed by atoms with van der Waals surface area (Å²) in [5.74, 6) is 5.86. The van der Waals surface area contributed by atoms with Gasteiger partial charge in [-0.3, -0.25) is 16.2 Å². The number of nitrogens with two attached hydrogens (primary N) is 7. The number of hydrazone groups is 1.